The molecular formula is C21H27N3O4S. The number of aliphatic carboxylic acids is 1. The van der Waals surface area contributed by atoms with Gasteiger partial charge in [-0.05, 0) is 56.9 Å². The van der Waals surface area contributed by atoms with Gasteiger partial charge in [0.25, 0.3) is 0 Å². The third-order valence-corrected chi connectivity index (χ3v) is 5.78. The summed E-state index contributed by atoms with van der Waals surface area (Å²) in [7, 11) is 0. The van der Waals surface area contributed by atoms with E-state index in [-0.39, 0.29) is 6.03 Å². The maximum absolute atomic E-state index is 13.0. The van der Waals surface area contributed by atoms with Gasteiger partial charge in [-0.25, -0.2) is 14.6 Å². The summed E-state index contributed by atoms with van der Waals surface area (Å²) < 4.78 is 5.57. The van der Waals surface area contributed by atoms with Crippen molar-refractivity contribution >= 4 is 34.2 Å². The first kappa shape index (κ1) is 21.1. The van der Waals surface area contributed by atoms with Crippen LogP contribution in [-0.4, -0.2) is 34.2 Å². The largest absolute Gasteiger partial charge is 0.478 e. The second kappa shape index (κ2) is 9.26. The first-order chi connectivity index (χ1) is 13.8. The van der Waals surface area contributed by atoms with Gasteiger partial charge in [0.05, 0.1) is 0 Å². The Morgan fingerprint density at radius 1 is 1.24 bits per heavy atom. The number of carbonyl (C=O) groups is 2. The van der Waals surface area contributed by atoms with Crippen molar-refractivity contribution < 1.29 is 19.4 Å². The van der Waals surface area contributed by atoms with Crippen LogP contribution in [0.25, 0.3) is 0 Å². The maximum Gasteiger partial charge on any atom is 0.347 e. The predicted octanol–water partition coefficient (Wildman–Crippen LogP) is 5.00. The number of aromatic nitrogens is 1. The molecule has 1 aliphatic carbocycles. The lowest BCUT2D eigenvalue weighted by atomic mass is 9.89. The topological polar surface area (TPSA) is 91.8 Å². The van der Waals surface area contributed by atoms with E-state index in [1.807, 2.05) is 5.38 Å². The van der Waals surface area contributed by atoms with Crippen molar-refractivity contribution in [1.82, 2.24) is 4.98 Å². The van der Waals surface area contributed by atoms with E-state index in [9.17, 15) is 14.7 Å². The molecule has 2 aromatic rings. The summed E-state index contributed by atoms with van der Waals surface area (Å²) in [6.45, 7) is 3.64. The molecule has 29 heavy (non-hydrogen) atoms. The van der Waals surface area contributed by atoms with Crippen LogP contribution >= 0.6 is 11.3 Å². The number of carboxylic acids is 1. The zero-order valence-electron chi connectivity index (χ0n) is 16.8. The summed E-state index contributed by atoms with van der Waals surface area (Å²) in [6.07, 6.45) is 7.55. The molecule has 0 atom stereocenters. The fourth-order valence-electron chi connectivity index (χ4n) is 3.41. The molecule has 0 radical (unpaired) electrons. The number of rotatable bonds is 7. The Bertz CT molecular complexity index is 815. The number of nitrogens with one attached hydrogen (secondary N) is 1. The number of hydrogen-bond acceptors (Lipinski definition) is 5. The molecule has 1 saturated carbocycles. The summed E-state index contributed by atoms with van der Waals surface area (Å²) in [4.78, 5) is 30.1. The maximum atomic E-state index is 13.0. The van der Waals surface area contributed by atoms with Crippen LogP contribution in [0.3, 0.4) is 0 Å². The SMILES string of the molecule is CC(C)(Oc1ccc(N(CC2CCCCC2)C(=O)Nc2nccs2)cc1)C(=O)O. The highest BCUT2D eigenvalue weighted by molar-refractivity contribution is 7.13. The van der Waals surface area contributed by atoms with E-state index in [0.717, 1.165) is 18.5 Å². The third kappa shape index (κ3) is 5.69. The Hall–Kier alpha value is -2.61. The van der Waals surface area contributed by atoms with E-state index in [2.05, 4.69) is 10.3 Å². The number of hydrogen-bond donors (Lipinski definition) is 2. The zero-order valence-corrected chi connectivity index (χ0v) is 17.6. The molecule has 0 aliphatic heterocycles. The molecule has 2 N–H and O–H groups in total. The highest BCUT2D eigenvalue weighted by Crippen LogP contribution is 2.29. The highest BCUT2D eigenvalue weighted by Gasteiger charge is 2.29. The molecule has 156 valence electrons. The fourth-order valence-corrected chi connectivity index (χ4v) is 3.93. The fraction of sp³-hybridized carbons (Fsp3) is 0.476. The van der Waals surface area contributed by atoms with Crippen molar-refractivity contribution in [3.8, 4) is 5.75 Å². The smallest absolute Gasteiger partial charge is 0.347 e. The number of ether oxygens (including phenoxy) is 1. The number of anilines is 2. The van der Waals surface area contributed by atoms with Gasteiger partial charge in [0.1, 0.15) is 5.75 Å². The average Bonchev–Trinajstić information content (AvgIpc) is 3.20. The molecule has 1 heterocycles. The number of urea groups is 1. The van der Waals surface area contributed by atoms with Crippen LogP contribution in [0.2, 0.25) is 0 Å². The Kier molecular flexibility index (Phi) is 6.74. The minimum absolute atomic E-state index is 0.218. The number of benzene rings is 1. The Morgan fingerprint density at radius 2 is 1.93 bits per heavy atom. The van der Waals surface area contributed by atoms with Crippen molar-refractivity contribution in [1.29, 1.82) is 0 Å². The number of thiazole rings is 1. The molecule has 0 bridgehead atoms. The molecule has 3 rings (SSSR count). The zero-order chi connectivity index (χ0) is 20.9. The van der Waals surface area contributed by atoms with Gasteiger partial charge in [0.2, 0.25) is 0 Å². The van der Waals surface area contributed by atoms with Crippen molar-refractivity contribution in [2.45, 2.75) is 51.6 Å². The molecular weight excluding hydrogens is 390 g/mol. The van der Waals surface area contributed by atoms with Crippen LogP contribution in [0.1, 0.15) is 46.0 Å². The van der Waals surface area contributed by atoms with E-state index >= 15 is 0 Å². The lowest BCUT2D eigenvalue weighted by Crippen LogP contribution is -2.39. The summed E-state index contributed by atoms with van der Waals surface area (Å²) in [5, 5.41) is 14.5. The first-order valence-corrected chi connectivity index (χ1v) is 10.7. The van der Waals surface area contributed by atoms with Crippen LogP contribution in [0.4, 0.5) is 15.6 Å². The van der Waals surface area contributed by atoms with E-state index in [1.54, 1.807) is 35.4 Å². The van der Waals surface area contributed by atoms with Gasteiger partial charge in [0.15, 0.2) is 10.7 Å². The monoisotopic (exact) mass is 417 g/mol. The lowest BCUT2D eigenvalue weighted by Gasteiger charge is -2.30. The van der Waals surface area contributed by atoms with Gasteiger partial charge in [-0.3, -0.25) is 10.2 Å². The number of carboxylic acid groups (broad SMARTS) is 1. The van der Waals surface area contributed by atoms with Crippen LogP contribution in [0.15, 0.2) is 35.8 Å². The molecule has 1 fully saturated rings. The second-order valence-electron chi connectivity index (χ2n) is 7.79. The number of carbonyl (C=O) groups excluding carboxylic acids is 1. The van der Waals surface area contributed by atoms with Crippen molar-refractivity contribution in [2.75, 3.05) is 16.8 Å². The second-order valence-corrected chi connectivity index (χ2v) is 8.69. The van der Waals surface area contributed by atoms with Crippen molar-refractivity contribution in [2.24, 2.45) is 5.92 Å². The van der Waals surface area contributed by atoms with E-state index in [1.165, 1.54) is 44.4 Å². The molecule has 1 aromatic carbocycles. The standard InChI is InChI=1S/C21H27N3O4S/c1-21(2,18(25)26)28-17-10-8-16(9-11-17)24(14-15-6-4-3-5-7-15)20(27)23-19-22-12-13-29-19/h8-13,15H,3-7,14H2,1-2H3,(H,25,26)(H,22,23,27). The molecule has 0 saturated heterocycles. The third-order valence-electron chi connectivity index (χ3n) is 5.09. The Balaban J connectivity index is 1.76. The quantitative estimate of drug-likeness (QED) is 0.661. The minimum Gasteiger partial charge on any atom is -0.478 e. The Morgan fingerprint density at radius 3 is 2.52 bits per heavy atom. The van der Waals surface area contributed by atoms with Gasteiger partial charge in [-0.2, -0.15) is 0 Å². The molecule has 1 aliphatic rings. The molecule has 0 spiro atoms. The Labute approximate surface area is 174 Å². The first-order valence-electron chi connectivity index (χ1n) is 9.85. The summed E-state index contributed by atoms with van der Waals surface area (Å²) in [6, 6.07) is 6.76. The molecule has 1 aromatic heterocycles. The van der Waals surface area contributed by atoms with Crippen molar-refractivity contribution in [3.05, 3.63) is 35.8 Å². The molecule has 8 heteroatoms. The van der Waals surface area contributed by atoms with Gasteiger partial charge in [-0.15, -0.1) is 11.3 Å². The average molecular weight is 418 g/mol. The lowest BCUT2D eigenvalue weighted by molar-refractivity contribution is -0.152. The predicted molar refractivity (Wildman–Crippen MR) is 114 cm³/mol. The van der Waals surface area contributed by atoms with Crippen LogP contribution in [0, 0.1) is 5.92 Å². The molecule has 7 nitrogen and oxygen atoms in total. The number of amides is 2. The molecule has 2 amide bonds. The minimum atomic E-state index is -1.33. The van der Waals surface area contributed by atoms with Crippen LogP contribution in [0.5, 0.6) is 5.75 Å². The highest BCUT2D eigenvalue weighted by atomic mass is 32.1. The van der Waals surface area contributed by atoms with Gasteiger partial charge >= 0.3 is 12.0 Å². The summed E-state index contributed by atoms with van der Waals surface area (Å²) >= 11 is 1.38. The van der Waals surface area contributed by atoms with Gasteiger partial charge in [-0.1, -0.05) is 19.3 Å². The van der Waals surface area contributed by atoms with E-state index in [4.69, 9.17) is 4.74 Å². The van der Waals surface area contributed by atoms with Gasteiger partial charge in [0, 0.05) is 23.8 Å². The summed E-state index contributed by atoms with van der Waals surface area (Å²) in [5.41, 5.74) is -0.587. The van der Waals surface area contributed by atoms with Gasteiger partial charge < -0.3 is 9.84 Å². The van der Waals surface area contributed by atoms with Crippen LogP contribution < -0.4 is 15.0 Å². The van der Waals surface area contributed by atoms with E-state index in [0.29, 0.717) is 23.3 Å². The van der Waals surface area contributed by atoms with Crippen molar-refractivity contribution in [3.63, 3.8) is 0 Å². The van der Waals surface area contributed by atoms with E-state index < -0.39 is 11.6 Å². The normalized spacial score (nSPS) is 15.0. The molecule has 0 unspecified atom stereocenters. The summed E-state index contributed by atoms with van der Waals surface area (Å²) in [5.74, 6) is -0.130. The number of nitrogens with zero attached hydrogens (tertiary/aromatic N) is 2. The van der Waals surface area contributed by atoms with Crippen LogP contribution in [-0.2, 0) is 4.79 Å².